The fraction of sp³-hybridized carbons (Fsp3) is 0.409. The van der Waals surface area contributed by atoms with Crippen LogP contribution in [0.5, 0.6) is 11.5 Å². The minimum atomic E-state index is -5.90. The van der Waals surface area contributed by atoms with E-state index in [1.165, 1.54) is 35.6 Å². The monoisotopic (exact) mass is 512 g/mol. The summed E-state index contributed by atoms with van der Waals surface area (Å²) in [6.07, 6.45) is -12.0. The van der Waals surface area contributed by atoms with Gasteiger partial charge in [0, 0.05) is 17.1 Å². The largest absolute Gasteiger partial charge is 0.490 e. The van der Waals surface area contributed by atoms with Gasteiger partial charge in [0.1, 0.15) is 0 Å². The smallest absolute Gasteiger partial charge is 0.434 e. The zero-order chi connectivity index (χ0) is 25.6. The van der Waals surface area contributed by atoms with E-state index in [9.17, 15) is 31.1 Å². The van der Waals surface area contributed by atoms with Gasteiger partial charge in [-0.25, -0.2) is 0 Å². The highest BCUT2D eigenvalue weighted by Gasteiger charge is 2.72. The molecule has 0 bridgehead atoms. The van der Waals surface area contributed by atoms with Crippen molar-refractivity contribution in [1.82, 2.24) is 10.6 Å². The fourth-order valence-electron chi connectivity index (χ4n) is 3.04. The molecule has 0 aromatic heterocycles. The Morgan fingerprint density at radius 3 is 1.97 bits per heavy atom. The van der Waals surface area contributed by atoms with Crippen LogP contribution in [0.4, 0.5) is 26.3 Å². The molecule has 2 aromatic carbocycles. The lowest BCUT2D eigenvalue weighted by Gasteiger charge is -2.38. The average molecular weight is 513 g/mol. The maximum atomic E-state index is 13.8. The maximum Gasteiger partial charge on any atom is 0.434 e. The first-order chi connectivity index (χ1) is 15.8. The van der Waals surface area contributed by atoms with Crippen molar-refractivity contribution in [2.24, 2.45) is 0 Å². The molecule has 2 aromatic rings. The van der Waals surface area contributed by atoms with E-state index < -0.39 is 36.0 Å². The number of carbonyl (C=O) groups excluding carboxylic acids is 1. The van der Waals surface area contributed by atoms with Gasteiger partial charge in [0.05, 0.1) is 13.2 Å². The molecule has 0 aliphatic heterocycles. The molecule has 34 heavy (non-hydrogen) atoms. The van der Waals surface area contributed by atoms with E-state index in [0.717, 1.165) is 17.4 Å². The lowest BCUT2D eigenvalue weighted by atomic mass is 10.1. The van der Waals surface area contributed by atoms with Gasteiger partial charge in [0.25, 0.3) is 11.6 Å². The molecule has 12 heteroatoms. The van der Waals surface area contributed by atoms with Crippen LogP contribution in [0.2, 0.25) is 5.02 Å². The molecule has 1 amide bonds. The van der Waals surface area contributed by atoms with E-state index in [2.05, 4.69) is 0 Å². The summed E-state index contributed by atoms with van der Waals surface area (Å²) in [6.45, 7) is 3.32. The van der Waals surface area contributed by atoms with E-state index >= 15 is 0 Å². The molecule has 0 saturated carbocycles. The number of hydrogen-bond donors (Lipinski definition) is 2. The first-order valence-electron chi connectivity index (χ1n) is 10.2. The van der Waals surface area contributed by atoms with Crippen LogP contribution >= 0.6 is 11.6 Å². The molecule has 0 radical (unpaired) electrons. The minimum absolute atomic E-state index is 0.161. The predicted molar refractivity (Wildman–Crippen MR) is 114 cm³/mol. The number of ether oxygens (including phenoxy) is 2. The van der Waals surface area contributed by atoms with Gasteiger partial charge in [-0.05, 0) is 62.2 Å². The molecular weight excluding hydrogens is 490 g/mol. The third-order valence-corrected chi connectivity index (χ3v) is 4.92. The van der Waals surface area contributed by atoms with Crippen LogP contribution in [0.15, 0.2) is 42.5 Å². The topological polar surface area (TPSA) is 59.6 Å². The van der Waals surface area contributed by atoms with E-state index in [-0.39, 0.29) is 18.1 Å². The molecule has 5 nitrogen and oxygen atoms in total. The van der Waals surface area contributed by atoms with Crippen LogP contribution in [0.1, 0.15) is 29.8 Å². The third kappa shape index (κ3) is 6.47. The van der Waals surface area contributed by atoms with E-state index in [1.54, 1.807) is 13.8 Å². The highest BCUT2D eigenvalue weighted by atomic mass is 35.5. The molecule has 0 atom stereocenters. The number of carbonyl (C=O) groups is 1. The van der Waals surface area contributed by atoms with Crippen LogP contribution in [-0.4, -0.2) is 43.7 Å². The van der Waals surface area contributed by atoms with Crippen molar-refractivity contribution in [2.75, 3.05) is 19.8 Å². The van der Waals surface area contributed by atoms with Gasteiger partial charge in [-0.2, -0.15) is 26.3 Å². The summed E-state index contributed by atoms with van der Waals surface area (Å²) in [5.41, 5.74) is -4.69. The summed E-state index contributed by atoms with van der Waals surface area (Å²) in [7, 11) is 0. The van der Waals surface area contributed by atoms with Gasteiger partial charge in [-0.3, -0.25) is 10.1 Å². The summed E-state index contributed by atoms with van der Waals surface area (Å²) in [5, 5.41) is 2.75. The van der Waals surface area contributed by atoms with Crippen molar-refractivity contribution in [3.8, 4) is 11.5 Å². The Morgan fingerprint density at radius 2 is 1.44 bits per heavy atom. The van der Waals surface area contributed by atoms with Crippen LogP contribution in [0.25, 0.3) is 0 Å². The SMILES string of the molecule is CCOc1ccc(CCNC(NC(=O)c2ccc(Cl)cc2)(C(F)(F)F)C(F)(F)F)cc1OCC. The van der Waals surface area contributed by atoms with Crippen LogP contribution in [-0.2, 0) is 6.42 Å². The molecule has 188 valence electrons. The van der Waals surface area contributed by atoms with Crippen LogP contribution < -0.4 is 20.1 Å². The van der Waals surface area contributed by atoms with Crippen molar-refractivity contribution in [3.05, 3.63) is 58.6 Å². The van der Waals surface area contributed by atoms with Crippen molar-refractivity contribution in [2.45, 2.75) is 38.3 Å². The highest BCUT2D eigenvalue weighted by Crippen LogP contribution is 2.41. The Balaban J connectivity index is 2.28. The standard InChI is InChI=1S/C22H23ClF6N2O3/c1-3-33-17-10-5-14(13-18(17)34-4-2)11-12-30-20(21(24,25)26,22(27,28)29)31-19(32)15-6-8-16(23)9-7-15/h5-10,13,30H,3-4,11-12H2,1-2H3,(H,31,32). The molecule has 2 rings (SSSR count). The minimum Gasteiger partial charge on any atom is -0.490 e. The zero-order valence-corrected chi connectivity index (χ0v) is 19.0. The molecule has 0 spiro atoms. The zero-order valence-electron chi connectivity index (χ0n) is 18.2. The number of rotatable bonds is 10. The molecule has 0 saturated heterocycles. The van der Waals surface area contributed by atoms with E-state index in [4.69, 9.17) is 21.1 Å². The number of alkyl halides is 6. The van der Waals surface area contributed by atoms with Crippen molar-refractivity contribution >= 4 is 17.5 Å². The Bertz CT molecular complexity index is 951. The van der Waals surface area contributed by atoms with Gasteiger partial charge in [-0.15, -0.1) is 0 Å². The molecule has 0 aliphatic rings. The molecular formula is C22H23ClF6N2O3. The number of halogens is 7. The Hall–Kier alpha value is -2.66. The number of benzene rings is 2. The van der Waals surface area contributed by atoms with Gasteiger partial charge in [0.15, 0.2) is 11.5 Å². The first-order valence-corrected chi connectivity index (χ1v) is 10.6. The quantitative estimate of drug-likeness (QED) is 0.325. The van der Waals surface area contributed by atoms with E-state index in [0.29, 0.717) is 23.7 Å². The van der Waals surface area contributed by atoms with Gasteiger partial charge < -0.3 is 14.8 Å². The Kier molecular flexibility index (Phi) is 9.07. The highest BCUT2D eigenvalue weighted by molar-refractivity contribution is 6.30. The number of hydrogen-bond acceptors (Lipinski definition) is 4. The van der Waals surface area contributed by atoms with Crippen LogP contribution in [0, 0.1) is 0 Å². The summed E-state index contributed by atoms with van der Waals surface area (Å²) in [4.78, 5) is 12.3. The summed E-state index contributed by atoms with van der Waals surface area (Å²) in [6, 6.07) is 8.89. The number of nitrogens with one attached hydrogen (secondary N) is 2. The van der Waals surface area contributed by atoms with Gasteiger partial charge >= 0.3 is 12.4 Å². The van der Waals surface area contributed by atoms with Crippen molar-refractivity contribution in [3.63, 3.8) is 0 Å². The lowest BCUT2D eigenvalue weighted by molar-refractivity contribution is -0.314. The van der Waals surface area contributed by atoms with Crippen LogP contribution in [0.3, 0.4) is 0 Å². The van der Waals surface area contributed by atoms with E-state index in [1.807, 2.05) is 0 Å². The molecule has 0 unspecified atom stereocenters. The van der Waals surface area contributed by atoms with Gasteiger partial charge in [-0.1, -0.05) is 17.7 Å². The summed E-state index contributed by atoms with van der Waals surface area (Å²) >= 11 is 5.66. The van der Waals surface area contributed by atoms with Crippen molar-refractivity contribution < 1.29 is 40.6 Å². The second kappa shape index (κ2) is 11.2. The Labute approximate surface area is 197 Å². The molecule has 2 N–H and O–H groups in total. The Morgan fingerprint density at radius 1 is 0.882 bits per heavy atom. The fourth-order valence-corrected chi connectivity index (χ4v) is 3.16. The second-order valence-electron chi connectivity index (χ2n) is 7.03. The number of amides is 1. The molecule has 0 fully saturated rings. The second-order valence-corrected chi connectivity index (χ2v) is 7.47. The first kappa shape index (κ1) is 27.6. The van der Waals surface area contributed by atoms with Crippen molar-refractivity contribution in [1.29, 1.82) is 0 Å². The lowest BCUT2D eigenvalue weighted by Crippen LogP contribution is -2.75. The summed E-state index contributed by atoms with van der Waals surface area (Å²) in [5.74, 6) is -0.856. The molecule has 0 aliphatic carbocycles. The average Bonchev–Trinajstić information content (AvgIpc) is 2.73. The maximum absolute atomic E-state index is 13.8. The normalized spacial score (nSPS) is 12.4. The third-order valence-electron chi connectivity index (χ3n) is 4.67. The van der Waals surface area contributed by atoms with Gasteiger partial charge in [0.2, 0.25) is 0 Å². The summed E-state index contributed by atoms with van der Waals surface area (Å²) < 4.78 is 93.5. The predicted octanol–water partition coefficient (Wildman–Crippen LogP) is 5.52. The molecule has 0 heterocycles.